The Bertz CT molecular complexity index is 1040. The van der Waals surface area contributed by atoms with Crippen LogP contribution in [-0.4, -0.2) is 17.4 Å². The predicted octanol–water partition coefficient (Wildman–Crippen LogP) is 6.71. The van der Waals surface area contributed by atoms with Gasteiger partial charge in [0.25, 0.3) is 0 Å². The summed E-state index contributed by atoms with van der Waals surface area (Å²) in [5.41, 5.74) is 2.74. The molecule has 176 valence electrons. The fourth-order valence-corrected chi connectivity index (χ4v) is 5.33. The standard InChI is InChI=1S/C31H34O3/c1-2-21-31(22-20-25-14-8-4-9-15-25)23-28(32)29(30(33)34-31)27(26-16-10-5-11-17-26)19-18-24-12-6-3-7-13-24/h3-17,27,29H,2,18-23H2,1H3. The Kier molecular flexibility index (Phi) is 7.95. The van der Waals surface area contributed by atoms with Crippen LogP contribution in [0.4, 0.5) is 0 Å². The van der Waals surface area contributed by atoms with Gasteiger partial charge in [0.05, 0.1) is 0 Å². The van der Waals surface area contributed by atoms with Crippen molar-refractivity contribution >= 4 is 11.8 Å². The molecular formula is C31H34O3. The molecule has 3 aromatic rings. The molecule has 4 rings (SSSR count). The van der Waals surface area contributed by atoms with Crippen LogP contribution < -0.4 is 0 Å². The Morgan fingerprint density at radius 3 is 1.91 bits per heavy atom. The predicted molar refractivity (Wildman–Crippen MR) is 136 cm³/mol. The summed E-state index contributed by atoms with van der Waals surface area (Å²) in [5.74, 6) is -1.25. The van der Waals surface area contributed by atoms with Crippen molar-refractivity contribution in [2.45, 2.75) is 63.4 Å². The van der Waals surface area contributed by atoms with Gasteiger partial charge in [-0.1, -0.05) is 104 Å². The molecule has 3 atom stereocenters. The van der Waals surface area contributed by atoms with Gasteiger partial charge in [-0.3, -0.25) is 9.59 Å². The van der Waals surface area contributed by atoms with Gasteiger partial charge in [0.2, 0.25) is 0 Å². The van der Waals surface area contributed by atoms with Crippen molar-refractivity contribution in [1.29, 1.82) is 0 Å². The minimum atomic E-state index is -0.743. The number of cyclic esters (lactones) is 1. The molecule has 0 amide bonds. The molecule has 0 N–H and O–H groups in total. The third-order valence-electron chi connectivity index (χ3n) is 7.05. The number of ketones is 1. The quantitative estimate of drug-likeness (QED) is 0.253. The first-order valence-electron chi connectivity index (χ1n) is 12.5. The van der Waals surface area contributed by atoms with Crippen molar-refractivity contribution in [2.24, 2.45) is 5.92 Å². The van der Waals surface area contributed by atoms with Crippen LogP contribution in [0.2, 0.25) is 0 Å². The highest BCUT2D eigenvalue weighted by atomic mass is 16.6. The van der Waals surface area contributed by atoms with Crippen LogP contribution in [0.3, 0.4) is 0 Å². The van der Waals surface area contributed by atoms with E-state index >= 15 is 0 Å². The van der Waals surface area contributed by atoms with E-state index < -0.39 is 11.5 Å². The van der Waals surface area contributed by atoms with Gasteiger partial charge in [-0.2, -0.15) is 0 Å². The Labute approximate surface area is 203 Å². The Morgan fingerprint density at radius 1 is 0.794 bits per heavy atom. The van der Waals surface area contributed by atoms with Crippen molar-refractivity contribution < 1.29 is 14.3 Å². The highest BCUT2D eigenvalue weighted by Gasteiger charge is 2.49. The van der Waals surface area contributed by atoms with Crippen LogP contribution in [0.15, 0.2) is 91.0 Å². The largest absolute Gasteiger partial charge is 0.458 e. The number of aryl methyl sites for hydroxylation is 2. The summed E-state index contributed by atoms with van der Waals surface area (Å²) in [5, 5.41) is 0. The van der Waals surface area contributed by atoms with Gasteiger partial charge in [0.1, 0.15) is 11.5 Å². The summed E-state index contributed by atoms with van der Waals surface area (Å²) >= 11 is 0. The van der Waals surface area contributed by atoms with E-state index in [1.165, 1.54) is 11.1 Å². The summed E-state index contributed by atoms with van der Waals surface area (Å²) in [4.78, 5) is 27.1. The molecule has 0 spiro atoms. The summed E-state index contributed by atoms with van der Waals surface area (Å²) in [6, 6.07) is 30.4. The maximum absolute atomic E-state index is 13.6. The Hall–Kier alpha value is -3.20. The zero-order valence-electron chi connectivity index (χ0n) is 20.0. The first kappa shape index (κ1) is 23.9. The third-order valence-corrected chi connectivity index (χ3v) is 7.05. The second-order valence-corrected chi connectivity index (χ2v) is 9.50. The average molecular weight is 455 g/mol. The zero-order chi connectivity index (χ0) is 23.8. The number of ether oxygens (including phenoxy) is 1. The lowest BCUT2D eigenvalue weighted by atomic mass is 9.73. The summed E-state index contributed by atoms with van der Waals surface area (Å²) in [6.07, 6.45) is 4.89. The number of Topliss-reactive ketones (excluding diaryl/α,β-unsaturated/α-hetero) is 1. The molecule has 1 aliphatic heterocycles. The summed E-state index contributed by atoms with van der Waals surface area (Å²) in [7, 11) is 0. The number of carbonyl (C=O) groups is 2. The fraction of sp³-hybridized carbons (Fsp3) is 0.355. The van der Waals surface area contributed by atoms with Gasteiger partial charge in [0, 0.05) is 12.3 Å². The highest BCUT2D eigenvalue weighted by molar-refractivity contribution is 6.02. The molecule has 1 fully saturated rings. The van der Waals surface area contributed by atoms with Crippen LogP contribution in [-0.2, 0) is 27.2 Å². The SMILES string of the molecule is CCCC1(CCc2ccccc2)CC(=O)C(C(CCc2ccccc2)c2ccccc2)C(=O)O1. The van der Waals surface area contributed by atoms with Crippen LogP contribution in [0.25, 0.3) is 0 Å². The summed E-state index contributed by atoms with van der Waals surface area (Å²) in [6.45, 7) is 2.08. The van der Waals surface area contributed by atoms with Gasteiger partial charge >= 0.3 is 5.97 Å². The molecule has 1 heterocycles. The molecule has 0 radical (unpaired) electrons. The molecule has 3 nitrogen and oxygen atoms in total. The third kappa shape index (κ3) is 5.83. The Balaban J connectivity index is 1.54. The van der Waals surface area contributed by atoms with Crippen LogP contribution in [0, 0.1) is 5.92 Å². The average Bonchev–Trinajstić information content (AvgIpc) is 2.86. The smallest absolute Gasteiger partial charge is 0.317 e. The summed E-state index contributed by atoms with van der Waals surface area (Å²) < 4.78 is 6.21. The lowest BCUT2D eigenvalue weighted by Crippen LogP contribution is -2.49. The molecule has 0 aromatic heterocycles. The Morgan fingerprint density at radius 2 is 1.35 bits per heavy atom. The van der Waals surface area contributed by atoms with E-state index in [0.717, 1.165) is 31.2 Å². The minimum Gasteiger partial charge on any atom is -0.458 e. The number of hydrogen-bond acceptors (Lipinski definition) is 3. The number of esters is 1. The van der Waals surface area contributed by atoms with E-state index in [-0.39, 0.29) is 17.7 Å². The topological polar surface area (TPSA) is 43.4 Å². The molecule has 0 saturated carbocycles. The number of hydrogen-bond donors (Lipinski definition) is 0. The molecule has 3 heteroatoms. The highest BCUT2D eigenvalue weighted by Crippen LogP contribution is 2.41. The van der Waals surface area contributed by atoms with E-state index in [0.29, 0.717) is 19.3 Å². The van der Waals surface area contributed by atoms with E-state index in [4.69, 9.17) is 4.74 Å². The number of benzene rings is 3. The molecule has 1 saturated heterocycles. The van der Waals surface area contributed by atoms with Gasteiger partial charge in [0.15, 0.2) is 5.78 Å². The molecule has 1 aliphatic rings. The van der Waals surface area contributed by atoms with Gasteiger partial charge in [-0.05, 0) is 48.8 Å². The molecule has 34 heavy (non-hydrogen) atoms. The van der Waals surface area contributed by atoms with Crippen LogP contribution >= 0.6 is 0 Å². The van der Waals surface area contributed by atoms with Crippen molar-refractivity contribution in [1.82, 2.24) is 0 Å². The lowest BCUT2D eigenvalue weighted by molar-refractivity contribution is -0.180. The van der Waals surface area contributed by atoms with E-state index in [9.17, 15) is 9.59 Å². The monoisotopic (exact) mass is 454 g/mol. The second-order valence-electron chi connectivity index (χ2n) is 9.50. The molecular weight excluding hydrogens is 420 g/mol. The maximum atomic E-state index is 13.6. The van der Waals surface area contributed by atoms with Crippen LogP contribution in [0.1, 0.15) is 61.6 Å². The molecule has 3 unspecified atom stereocenters. The number of rotatable bonds is 10. The molecule has 0 bridgehead atoms. The van der Waals surface area contributed by atoms with Crippen molar-refractivity contribution in [2.75, 3.05) is 0 Å². The van der Waals surface area contributed by atoms with Crippen molar-refractivity contribution in [3.63, 3.8) is 0 Å². The van der Waals surface area contributed by atoms with E-state index in [1.807, 2.05) is 66.7 Å². The van der Waals surface area contributed by atoms with Crippen LogP contribution in [0.5, 0.6) is 0 Å². The fourth-order valence-electron chi connectivity index (χ4n) is 5.33. The number of carbonyl (C=O) groups excluding carboxylic acids is 2. The lowest BCUT2D eigenvalue weighted by Gasteiger charge is -2.41. The van der Waals surface area contributed by atoms with Crippen molar-refractivity contribution in [3.05, 3.63) is 108 Å². The normalized spacial score (nSPS) is 21.1. The van der Waals surface area contributed by atoms with Crippen molar-refractivity contribution in [3.8, 4) is 0 Å². The van der Waals surface area contributed by atoms with Gasteiger partial charge < -0.3 is 4.74 Å². The van der Waals surface area contributed by atoms with E-state index in [1.54, 1.807) is 0 Å². The van der Waals surface area contributed by atoms with Gasteiger partial charge in [-0.25, -0.2) is 0 Å². The second kappa shape index (κ2) is 11.3. The van der Waals surface area contributed by atoms with E-state index in [2.05, 4.69) is 31.2 Å². The van der Waals surface area contributed by atoms with Gasteiger partial charge in [-0.15, -0.1) is 0 Å². The molecule has 0 aliphatic carbocycles. The first-order valence-corrected chi connectivity index (χ1v) is 12.5. The molecule has 3 aromatic carbocycles. The first-order chi connectivity index (χ1) is 16.6. The minimum absolute atomic E-state index is 0.0275. The maximum Gasteiger partial charge on any atom is 0.317 e. The zero-order valence-corrected chi connectivity index (χ0v) is 20.0.